The molecule has 2 aromatic rings. The summed E-state index contributed by atoms with van der Waals surface area (Å²) in [6.07, 6.45) is 8.12. The molecule has 0 bridgehead atoms. The Hall–Kier alpha value is -1.62. The average Bonchev–Trinajstić information content (AvgIpc) is 2.95. The van der Waals surface area contributed by atoms with Crippen molar-refractivity contribution in [3.63, 3.8) is 0 Å². The largest absolute Gasteiger partial charge is 0.480 e. The van der Waals surface area contributed by atoms with Gasteiger partial charge in [0.15, 0.2) is 5.65 Å². The van der Waals surface area contributed by atoms with E-state index in [4.69, 9.17) is 10.5 Å². The van der Waals surface area contributed by atoms with Crippen molar-refractivity contribution in [2.45, 2.75) is 31.2 Å². The summed E-state index contributed by atoms with van der Waals surface area (Å²) < 4.78 is 7.15. The minimum atomic E-state index is -0.249. The van der Waals surface area contributed by atoms with E-state index in [-0.39, 0.29) is 5.54 Å². The van der Waals surface area contributed by atoms with Gasteiger partial charge in [-0.1, -0.05) is 12.8 Å². The molecule has 1 aliphatic carbocycles. The Morgan fingerprint density at radius 3 is 2.78 bits per heavy atom. The molecule has 1 saturated carbocycles. The highest BCUT2D eigenvalue weighted by Gasteiger charge is 2.34. The molecule has 0 aliphatic heterocycles. The first kappa shape index (κ1) is 11.5. The summed E-state index contributed by atoms with van der Waals surface area (Å²) in [6, 6.07) is 0. The fourth-order valence-electron chi connectivity index (χ4n) is 2.86. The first-order valence-corrected chi connectivity index (χ1v) is 6.29. The third kappa shape index (κ3) is 1.58. The van der Waals surface area contributed by atoms with E-state index in [1.54, 1.807) is 13.3 Å². The van der Waals surface area contributed by atoms with Gasteiger partial charge in [-0.15, -0.1) is 0 Å². The third-order valence-corrected chi connectivity index (χ3v) is 3.88. The number of aryl methyl sites for hydroxylation is 1. The predicted octanol–water partition coefficient (Wildman–Crippen LogP) is 1.70. The summed E-state index contributed by atoms with van der Waals surface area (Å²) in [7, 11) is 3.58. The molecular formula is C13H18N4O. The fourth-order valence-corrected chi connectivity index (χ4v) is 2.86. The van der Waals surface area contributed by atoms with Crippen molar-refractivity contribution in [3.05, 3.63) is 18.0 Å². The molecule has 96 valence electrons. The molecule has 5 nitrogen and oxygen atoms in total. The normalized spacial score (nSPS) is 18.4. The van der Waals surface area contributed by atoms with Gasteiger partial charge >= 0.3 is 0 Å². The van der Waals surface area contributed by atoms with Gasteiger partial charge in [0.2, 0.25) is 5.88 Å². The van der Waals surface area contributed by atoms with Gasteiger partial charge in [0.25, 0.3) is 0 Å². The van der Waals surface area contributed by atoms with Crippen LogP contribution in [0.1, 0.15) is 31.2 Å². The van der Waals surface area contributed by atoms with Crippen molar-refractivity contribution < 1.29 is 4.74 Å². The van der Waals surface area contributed by atoms with Crippen LogP contribution in [0.3, 0.4) is 0 Å². The molecule has 0 unspecified atom stereocenters. The number of aromatic nitrogens is 3. The maximum atomic E-state index is 6.53. The van der Waals surface area contributed by atoms with Crippen molar-refractivity contribution >= 4 is 11.2 Å². The highest BCUT2D eigenvalue weighted by atomic mass is 16.5. The quantitative estimate of drug-likeness (QED) is 0.876. The Bertz CT molecular complexity index is 584. The lowest BCUT2D eigenvalue weighted by Crippen LogP contribution is -2.33. The van der Waals surface area contributed by atoms with Gasteiger partial charge in [-0.05, 0) is 12.8 Å². The predicted molar refractivity (Wildman–Crippen MR) is 69.4 cm³/mol. The van der Waals surface area contributed by atoms with E-state index in [0.717, 1.165) is 29.6 Å². The average molecular weight is 246 g/mol. The molecule has 1 fully saturated rings. The minimum absolute atomic E-state index is 0.249. The first-order chi connectivity index (χ1) is 8.64. The smallest absolute Gasteiger partial charge is 0.232 e. The molecule has 5 heteroatoms. The lowest BCUT2D eigenvalue weighted by atomic mass is 9.91. The van der Waals surface area contributed by atoms with Crippen molar-refractivity contribution in [1.82, 2.24) is 14.5 Å². The molecule has 0 radical (unpaired) electrons. The van der Waals surface area contributed by atoms with Crippen molar-refractivity contribution in [2.24, 2.45) is 12.8 Å². The molecular weight excluding hydrogens is 228 g/mol. The first-order valence-electron chi connectivity index (χ1n) is 6.29. The molecule has 0 saturated heterocycles. The zero-order valence-electron chi connectivity index (χ0n) is 10.8. The van der Waals surface area contributed by atoms with Crippen LogP contribution in [0.2, 0.25) is 0 Å². The topological polar surface area (TPSA) is 66.0 Å². The van der Waals surface area contributed by atoms with Crippen LogP contribution in [0.4, 0.5) is 0 Å². The summed E-state index contributed by atoms with van der Waals surface area (Å²) in [5, 5.41) is 0. The summed E-state index contributed by atoms with van der Waals surface area (Å²) >= 11 is 0. The Balaban J connectivity index is 2.22. The molecule has 1 aliphatic rings. The number of hydrogen-bond donors (Lipinski definition) is 1. The van der Waals surface area contributed by atoms with Gasteiger partial charge in [0, 0.05) is 24.3 Å². The number of rotatable bonds is 2. The molecule has 0 spiro atoms. The Morgan fingerprint density at radius 2 is 2.11 bits per heavy atom. The Kier molecular flexibility index (Phi) is 2.52. The SMILES string of the molecule is COc1cnc2c(n1)c(C1(N)CCCC1)cn2C. The highest BCUT2D eigenvalue weighted by Crippen LogP contribution is 2.39. The van der Waals surface area contributed by atoms with Gasteiger partial charge in [-0.2, -0.15) is 0 Å². The molecule has 0 aromatic carbocycles. The second kappa shape index (κ2) is 3.95. The second-order valence-electron chi connectivity index (χ2n) is 5.10. The van der Waals surface area contributed by atoms with Gasteiger partial charge in [-0.3, -0.25) is 0 Å². The number of nitrogens with zero attached hydrogens (tertiary/aromatic N) is 3. The van der Waals surface area contributed by atoms with Crippen molar-refractivity contribution in [1.29, 1.82) is 0 Å². The zero-order valence-corrected chi connectivity index (χ0v) is 10.8. The lowest BCUT2D eigenvalue weighted by molar-refractivity contribution is 0.397. The van der Waals surface area contributed by atoms with E-state index in [2.05, 4.69) is 16.2 Å². The molecule has 2 heterocycles. The highest BCUT2D eigenvalue weighted by molar-refractivity contribution is 5.77. The van der Waals surface area contributed by atoms with Crippen LogP contribution in [0.5, 0.6) is 5.88 Å². The molecule has 0 atom stereocenters. The number of fused-ring (bicyclic) bond motifs is 1. The monoisotopic (exact) mass is 246 g/mol. The van der Waals surface area contributed by atoms with Crippen molar-refractivity contribution in [3.8, 4) is 5.88 Å². The Morgan fingerprint density at radius 1 is 1.39 bits per heavy atom. The van der Waals surface area contributed by atoms with E-state index >= 15 is 0 Å². The van der Waals surface area contributed by atoms with Crippen LogP contribution in [0.15, 0.2) is 12.4 Å². The van der Waals surface area contributed by atoms with Crippen LogP contribution in [0.25, 0.3) is 11.2 Å². The molecule has 18 heavy (non-hydrogen) atoms. The number of nitrogens with two attached hydrogens (primary N) is 1. The standard InChI is InChI=1S/C13H18N4O/c1-17-8-9(13(14)5-3-4-6-13)11-12(17)15-7-10(16-11)18-2/h7-8H,3-6,14H2,1-2H3. The van der Waals surface area contributed by atoms with Crippen LogP contribution < -0.4 is 10.5 Å². The molecule has 2 aromatic heterocycles. The second-order valence-corrected chi connectivity index (χ2v) is 5.10. The van der Waals surface area contributed by atoms with E-state index < -0.39 is 0 Å². The van der Waals surface area contributed by atoms with E-state index in [1.807, 2.05) is 11.6 Å². The van der Waals surface area contributed by atoms with Gasteiger partial charge in [-0.25, -0.2) is 9.97 Å². The Labute approximate surface area is 106 Å². The third-order valence-electron chi connectivity index (χ3n) is 3.88. The van der Waals surface area contributed by atoms with Crippen LogP contribution in [-0.2, 0) is 12.6 Å². The summed E-state index contributed by atoms with van der Waals surface area (Å²) in [5.41, 5.74) is 9.12. The maximum Gasteiger partial charge on any atom is 0.232 e. The summed E-state index contributed by atoms with van der Waals surface area (Å²) in [4.78, 5) is 8.91. The fraction of sp³-hybridized carbons (Fsp3) is 0.538. The molecule has 3 rings (SSSR count). The molecule has 0 amide bonds. The van der Waals surface area contributed by atoms with Crippen LogP contribution in [-0.4, -0.2) is 21.6 Å². The lowest BCUT2D eigenvalue weighted by Gasteiger charge is -2.22. The number of ether oxygens (including phenoxy) is 1. The van der Waals surface area contributed by atoms with Gasteiger partial charge in [0.1, 0.15) is 5.52 Å². The van der Waals surface area contributed by atoms with Gasteiger partial charge < -0.3 is 15.0 Å². The van der Waals surface area contributed by atoms with Crippen molar-refractivity contribution in [2.75, 3.05) is 7.11 Å². The van der Waals surface area contributed by atoms with Crippen LogP contribution >= 0.6 is 0 Å². The molecule has 2 N–H and O–H groups in total. The van der Waals surface area contributed by atoms with E-state index in [9.17, 15) is 0 Å². The zero-order chi connectivity index (χ0) is 12.8. The summed E-state index contributed by atoms with van der Waals surface area (Å²) in [5.74, 6) is 0.538. The van der Waals surface area contributed by atoms with E-state index in [1.165, 1.54) is 12.8 Å². The number of methoxy groups -OCH3 is 1. The van der Waals surface area contributed by atoms with E-state index in [0.29, 0.717) is 5.88 Å². The van der Waals surface area contributed by atoms with Crippen LogP contribution in [0, 0.1) is 0 Å². The number of hydrogen-bond acceptors (Lipinski definition) is 4. The maximum absolute atomic E-state index is 6.53. The minimum Gasteiger partial charge on any atom is -0.480 e. The van der Waals surface area contributed by atoms with Gasteiger partial charge in [0.05, 0.1) is 13.3 Å². The summed E-state index contributed by atoms with van der Waals surface area (Å²) in [6.45, 7) is 0.